The molecule has 0 amide bonds. The molecular formula is C15H12N4O. The Balaban J connectivity index is 2.44. The first-order chi connectivity index (χ1) is 9.61. The molecule has 0 saturated heterocycles. The largest absolute Gasteiger partial charge is 0.385 e. The lowest BCUT2D eigenvalue weighted by atomic mass is 10.0. The van der Waals surface area contributed by atoms with Gasteiger partial charge in [0.25, 0.3) is 5.56 Å². The third-order valence-electron chi connectivity index (χ3n) is 3.35. The molecule has 98 valence electrons. The van der Waals surface area contributed by atoms with E-state index in [-0.39, 0.29) is 11.4 Å². The number of benzene rings is 1. The lowest BCUT2D eigenvalue weighted by molar-refractivity contribution is 0.970. The molecule has 0 fully saturated rings. The average molecular weight is 264 g/mol. The van der Waals surface area contributed by atoms with Crippen LogP contribution in [0.3, 0.4) is 0 Å². The van der Waals surface area contributed by atoms with Crippen molar-refractivity contribution in [2.24, 2.45) is 7.05 Å². The van der Waals surface area contributed by atoms with E-state index >= 15 is 0 Å². The van der Waals surface area contributed by atoms with Crippen molar-refractivity contribution < 1.29 is 0 Å². The number of aryl methyl sites for hydroxylation is 1. The van der Waals surface area contributed by atoms with Crippen molar-refractivity contribution in [2.75, 3.05) is 5.73 Å². The van der Waals surface area contributed by atoms with E-state index in [1.807, 2.05) is 48.1 Å². The molecule has 0 aliphatic rings. The van der Waals surface area contributed by atoms with E-state index in [0.717, 1.165) is 16.5 Å². The fourth-order valence-electron chi connectivity index (χ4n) is 2.46. The van der Waals surface area contributed by atoms with Gasteiger partial charge in [0, 0.05) is 35.3 Å². The minimum absolute atomic E-state index is 0.0792. The van der Waals surface area contributed by atoms with Crippen molar-refractivity contribution in [1.29, 1.82) is 5.26 Å². The Bertz CT molecular complexity index is 912. The summed E-state index contributed by atoms with van der Waals surface area (Å²) in [5, 5.41) is 10.2. The number of anilines is 1. The van der Waals surface area contributed by atoms with Crippen LogP contribution in [-0.4, -0.2) is 9.55 Å². The number of nitrogens with zero attached hydrogens (tertiary/aromatic N) is 2. The van der Waals surface area contributed by atoms with Crippen LogP contribution >= 0.6 is 0 Å². The first-order valence-corrected chi connectivity index (χ1v) is 6.09. The number of para-hydroxylation sites is 1. The summed E-state index contributed by atoms with van der Waals surface area (Å²) < 4.78 is 1.96. The van der Waals surface area contributed by atoms with Crippen molar-refractivity contribution >= 4 is 16.7 Å². The summed E-state index contributed by atoms with van der Waals surface area (Å²) in [5.41, 5.74) is 7.74. The minimum atomic E-state index is -0.463. The van der Waals surface area contributed by atoms with E-state index in [1.54, 1.807) is 6.07 Å². The minimum Gasteiger partial charge on any atom is -0.385 e. The highest BCUT2D eigenvalue weighted by Crippen LogP contribution is 2.31. The zero-order valence-corrected chi connectivity index (χ0v) is 10.8. The number of H-pyrrole nitrogens is 1. The first-order valence-electron chi connectivity index (χ1n) is 6.09. The van der Waals surface area contributed by atoms with E-state index in [1.165, 1.54) is 0 Å². The van der Waals surface area contributed by atoms with E-state index in [0.29, 0.717) is 5.56 Å². The van der Waals surface area contributed by atoms with Crippen LogP contribution in [0.25, 0.3) is 22.0 Å². The highest BCUT2D eigenvalue weighted by molar-refractivity contribution is 5.97. The quantitative estimate of drug-likeness (QED) is 0.704. The zero-order chi connectivity index (χ0) is 14.3. The molecule has 5 heteroatoms. The number of nitriles is 1. The Hall–Kier alpha value is -3.00. The van der Waals surface area contributed by atoms with Gasteiger partial charge in [0.15, 0.2) is 0 Å². The second-order valence-corrected chi connectivity index (χ2v) is 4.63. The molecule has 2 aromatic heterocycles. The maximum atomic E-state index is 11.8. The average Bonchev–Trinajstić information content (AvgIpc) is 2.76. The summed E-state index contributed by atoms with van der Waals surface area (Å²) in [6, 6.07) is 11.4. The summed E-state index contributed by atoms with van der Waals surface area (Å²) in [6.07, 6.45) is 1.90. The molecule has 0 aliphatic heterocycles. The number of nitrogens with two attached hydrogens (primary N) is 1. The van der Waals surface area contributed by atoms with Crippen molar-refractivity contribution in [3.8, 4) is 17.2 Å². The Morgan fingerprint density at radius 3 is 2.80 bits per heavy atom. The molecule has 3 rings (SSSR count). The summed E-state index contributed by atoms with van der Waals surface area (Å²) in [7, 11) is 1.93. The van der Waals surface area contributed by atoms with Crippen LogP contribution < -0.4 is 11.3 Å². The molecule has 20 heavy (non-hydrogen) atoms. The molecule has 0 saturated carbocycles. The van der Waals surface area contributed by atoms with Crippen LogP contribution in [0.5, 0.6) is 0 Å². The van der Waals surface area contributed by atoms with Gasteiger partial charge in [0.05, 0.1) is 0 Å². The number of aromatic nitrogens is 2. The van der Waals surface area contributed by atoms with Gasteiger partial charge in [-0.1, -0.05) is 18.2 Å². The van der Waals surface area contributed by atoms with Crippen molar-refractivity contribution in [1.82, 2.24) is 9.55 Å². The molecule has 3 N–H and O–H groups in total. The standard InChI is InChI=1S/C15H12N4O/c1-19-8-12(9-4-2-3-5-13(9)19)10-6-14(17)18-15(20)11(10)7-16/h2-6,8H,1H3,(H3,17,18,20). The van der Waals surface area contributed by atoms with Crippen LogP contribution in [-0.2, 0) is 7.05 Å². The maximum Gasteiger partial charge on any atom is 0.268 e. The fraction of sp³-hybridized carbons (Fsp3) is 0.0667. The molecule has 0 radical (unpaired) electrons. The van der Waals surface area contributed by atoms with Gasteiger partial charge < -0.3 is 15.3 Å². The lowest BCUT2D eigenvalue weighted by Gasteiger charge is -2.03. The van der Waals surface area contributed by atoms with E-state index < -0.39 is 5.56 Å². The molecule has 1 aromatic carbocycles. The third-order valence-corrected chi connectivity index (χ3v) is 3.35. The summed E-state index contributed by atoms with van der Waals surface area (Å²) >= 11 is 0. The lowest BCUT2D eigenvalue weighted by Crippen LogP contribution is -2.13. The van der Waals surface area contributed by atoms with Gasteiger partial charge in [-0.3, -0.25) is 4.79 Å². The molecule has 2 heterocycles. The predicted octanol–water partition coefficient (Wildman–Crippen LogP) is 1.99. The normalized spacial score (nSPS) is 10.6. The molecule has 3 aromatic rings. The smallest absolute Gasteiger partial charge is 0.268 e. The number of pyridine rings is 1. The summed E-state index contributed by atoms with van der Waals surface area (Å²) in [4.78, 5) is 14.3. The molecule has 0 spiro atoms. The summed E-state index contributed by atoms with van der Waals surface area (Å²) in [5.74, 6) is 0.247. The topological polar surface area (TPSA) is 87.6 Å². The van der Waals surface area contributed by atoms with Crippen molar-refractivity contribution in [3.63, 3.8) is 0 Å². The number of fused-ring (bicyclic) bond motifs is 1. The fourth-order valence-corrected chi connectivity index (χ4v) is 2.46. The number of hydrogen-bond acceptors (Lipinski definition) is 3. The molecular weight excluding hydrogens is 252 g/mol. The predicted molar refractivity (Wildman–Crippen MR) is 78.1 cm³/mol. The van der Waals surface area contributed by atoms with Gasteiger partial charge in [-0.25, -0.2) is 0 Å². The Morgan fingerprint density at radius 2 is 2.05 bits per heavy atom. The Labute approximate surface area is 114 Å². The van der Waals surface area contributed by atoms with E-state index in [9.17, 15) is 10.1 Å². The number of nitrogen functional groups attached to an aromatic ring is 1. The Kier molecular flexibility index (Phi) is 2.58. The second-order valence-electron chi connectivity index (χ2n) is 4.63. The molecule has 0 bridgehead atoms. The Morgan fingerprint density at radius 1 is 1.30 bits per heavy atom. The molecule has 0 atom stereocenters. The SMILES string of the molecule is Cn1cc(-c2cc(N)[nH]c(=O)c2C#N)c2ccccc21. The monoisotopic (exact) mass is 264 g/mol. The van der Waals surface area contributed by atoms with Gasteiger partial charge in [0.2, 0.25) is 0 Å². The number of rotatable bonds is 1. The zero-order valence-electron chi connectivity index (χ0n) is 10.8. The third kappa shape index (κ3) is 1.67. The maximum absolute atomic E-state index is 11.8. The molecule has 5 nitrogen and oxygen atoms in total. The van der Waals surface area contributed by atoms with Crippen molar-refractivity contribution in [3.05, 3.63) is 52.4 Å². The second kappa shape index (κ2) is 4.28. The van der Waals surface area contributed by atoms with Gasteiger partial charge in [-0.05, 0) is 12.1 Å². The van der Waals surface area contributed by atoms with Crippen LogP contribution in [0.2, 0.25) is 0 Å². The number of hydrogen-bond donors (Lipinski definition) is 2. The van der Waals surface area contributed by atoms with Crippen LogP contribution in [0.1, 0.15) is 5.56 Å². The van der Waals surface area contributed by atoms with Crippen LogP contribution in [0.15, 0.2) is 41.3 Å². The number of aromatic amines is 1. The molecule has 0 aliphatic carbocycles. The van der Waals surface area contributed by atoms with Gasteiger partial charge in [-0.15, -0.1) is 0 Å². The van der Waals surface area contributed by atoms with Crippen molar-refractivity contribution in [2.45, 2.75) is 0 Å². The van der Waals surface area contributed by atoms with Gasteiger partial charge >= 0.3 is 0 Å². The first kappa shape index (κ1) is 12.1. The number of nitrogens with one attached hydrogen (secondary N) is 1. The molecule has 0 unspecified atom stereocenters. The highest BCUT2D eigenvalue weighted by Gasteiger charge is 2.15. The summed E-state index contributed by atoms with van der Waals surface area (Å²) in [6.45, 7) is 0. The van der Waals surface area contributed by atoms with E-state index in [2.05, 4.69) is 4.98 Å². The van der Waals surface area contributed by atoms with Gasteiger partial charge in [0.1, 0.15) is 17.5 Å². The van der Waals surface area contributed by atoms with E-state index in [4.69, 9.17) is 5.73 Å². The van der Waals surface area contributed by atoms with Crippen LogP contribution in [0.4, 0.5) is 5.82 Å². The van der Waals surface area contributed by atoms with Gasteiger partial charge in [-0.2, -0.15) is 5.26 Å². The van der Waals surface area contributed by atoms with Crippen LogP contribution in [0, 0.1) is 11.3 Å². The highest BCUT2D eigenvalue weighted by atomic mass is 16.1.